The summed E-state index contributed by atoms with van der Waals surface area (Å²) in [4.78, 5) is 3.95. The maximum absolute atomic E-state index is 8.68. The molecule has 1 aliphatic heterocycles. The molecule has 4 nitrogen and oxygen atoms in total. The first-order valence-corrected chi connectivity index (χ1v) is 4.86. The van der Waals surface area contributed by atoms with Crippen LogP contribution in [0.15, 0.2) is 46.8 Å². The predicted octanol–water partition coefficient (Wildman–Crippen LogP) is 1.90. The highest BCUT2D eigenvalue weighted by molar-refractivity contribution is 6.16. The van der Waals surface area contributed by atoms with Gasteiger partial charge in [0.05, 0.1) is 24.4 Å². The van der Waals surface area contributed by atoms with E-state index >= 15 is 0 Å². The molecule has 1 aromatic carbocycles. The van der Waals surface area contributed by atoms with Gasteiger partial charge in [0.15, 0.2) is 0 Å². The summed E-state index contributed by atoms with van der Waals surface area (Å²) in [6.07, 6.45) is 6.77. The molecule has 0 saturated carbocycles. The third kappa shape index (κ3) is 2.55. The number of nitriles is 1. The van der Waals surface area contributed by atoms with Crippen LogP contribution in [0.1, 0.15) is 11.1 Å². The SMILES string of the molecule is N#Cc1ccc(CN2C=CN=CC=N2)cc1. The molecule has 0 unspecified atom stereocenters. The van der Waals surface area contributed by atoms with Crippen LogP contribution < -0.4 is 0 Å². The normalized spacial score (nSPS) is 13.6. The van der Waals surface area contributed by atoms with Crippen molar-refractivity contribution in [1.29, 1.82) is 5.26 Å². The summed E-state index contributed by atoms with van der Waals surface area (Å²) in [5.41, 5.74) is 1.77. The lowest BCUT2D eigenvalue weighted by atomic mass is 10.1. The Kier molecular flexibility index (Phi) is 3.10. The van der Waals surface area contributed by atoms with E-state index < -0.39 is 0 Å². The Hall–Kier alpha value is -2.41. The highest BCUT2D eigenvalue weighted by Gasteiger charge is 1.99. The second-order valence-electron chi connectivity index (χ2n) is 3.27. The van der Waals surface area contributed by atoms with Crippen molar-refractivity contribution >= 4 is 12.4 Å². The zero-order valence-electron chi connectivity index (χ0n) is 8.61. The van der Waals surface area contributed by atoms with Gasteiger partial charge < -0.3 is 0 Å². The molecule has 0 aromatic heterocycles. The van der Waals surface area contributed by atoms with Gasteiger partial charge in [-0.05, 0) is 17.7 Å². The summed E-state index contributed by atoms with van der Waals surface area (Å²) in [6, 6.07) is 9.54. The van der Waals surface area contributed by atoms with Gasteiger partial charge in [-0.15, -0.1) is 0 Å². The standard InChI is InChI=1S/C12H10N4/c13-9-11-1-3-12(4-2-11)10-16-8-7-14-5-6-15-16/h1-8H,10H2. The van der Waals surface area contributed by atoms with Crippen molar-refractivity contribution in [2.24, 2.45) is 10.1 Å². The second-order valence-corrected chi connectivity index (χ2v) is 3.27. The number of hydrazone groups is 1. The summed E-state index contributed by atoms with van der Waals surface area (Å²) in [7, 11) is 0. The van der Waals surface area contributed by atoms with Gasteiger partial charge in [0, 0.05) is 18.6 Å². The van der Waals surface area contributed by atoms with E-state index in [1.54, 1.807) is 42.0 Å². The molecule has 0 amide bonds. The topological polar surface area (TPSA) is 51.8 Å². The molecule has 1 aromatic rings. The number of nitrogens with zero attached hydrogens (tertiary/aromatic N) is 4. The number of aliphatic imine (C=N–C) groups is 1. The molecule has 0 N–H and O–H groups in total. The van der Waals surface area contributed by atoms with Crippen molar-refractivity contribution < 1.29 is 0 Å². The van der Waals surface area contributed by atoms with Gasteiger partial charge in [-0.25, -0.2) is 0 Å². The molecular weight excluding hydrogens is 200 g/mol. The molecule has 0 bridgehead atoms. The first kappa shape index (κ1) is 10.1. The zero-order chi connectivity index (χ0) is 11.2. The fourth-order valence-electron chi connectivity index (χ4n) is 1.32. The van der Waals surface area contributed by atoms with Crippen molar-refractivity contribution in [3.63, 3.8) is 0 Å². The van der Waals surface area contributed by atoms with Gasteiger partial charge in [0.2, 0.25) is 0 Å². The molecule has 78 valence electrons. The van der Waals surface area contributed by atoms with Crippen LogP contribution >= 0.6 is 0 Å². The Morgan fingerprint density at radius 3 is 2.75 bits per heavy atom. The second kappa shape index (κ2) is 4.89. The van der Waals surface area contributed by atoms with Gasteiger partial charge in [0.25, 0.3) is 0 Å². The fourth-order valence-corrected chi connectivity index (χ4v) is 1.32. The Morgan fingerprint density at radius 2 is 2.00 bits per heavy atom. The highest BCUT2D eigenvalue weighted by Crippen LogP contribution is 2.08. The van der Waals surface area contributed by atoms with Crippen LogP contribution in [0.4, 0.5) is 0 Å². The van der Waals surface area contributed by atoms with Crippen molar-refractivity contribution in [3.05, 3.63) is 47.8 Å². The Bertz CT molecular complexity index is 461. The monoisotopic (exact) mass is 210 g/mol. The molecule has 16 heavy (non-hydrogen) atoms. The van der Waals surface area contributed by atoms with Crippen LogP contribution in [-0.2, 0) is 6.54 Å². The average molecular weight is 210 g/mol. The minimum absolute atomic E-state index is 0.669. The summed E-state index contributed by atoms with van der Waals surface area (Å²) in [5, 5.41) is 14.6. The Morgan fingerprint density at radius 1 is 1.19 bits per heavy atom. The third-order valence-corrected chi connectivity index (χ3v) is 2.12. The summed E-state index contributed by atoms with van der Waals surface area (Å²) in [6.45, 7) is 0.669. The molecule has 0 aliphatic carbocycles. The quantitative estimate of drug-likeness (QED) is 0.748. The van der Waals surface area contributed by atoms with Crippen LogP contribution in [-0.4, -0.2) is 17.4 Å². The van der Waals surface area contributed by atoms with E-state index in [2.05, 4.69) is 16.2 Å². The van der Waals surface area contributed by atoms with Crippen molar-refractivity contribution in [3.8, 4) is 6.07 Å². The van der Waals surface area contributed by atoms with E-state index in [0.29, 0.717) is 12.1 Å². The zero-order valence-corrected chi connectivity index (χ0v) is 8.61. The van der Waals surface area contributed by atoms with Crippen molar-refractivity contribution in [1.82, 2.24) is 5.01 Å². The molecule has 0 fully saturated rings. The molecule has 0 atom stereocenters. The molecule has 0 radical (unpaired) electrons. The van der Waals surface area contributed by atoms with Crippen LogP contribution in [0, 0.1) is 11.3 Å². The molecular formula is C12H10N4. The molecule has 4 heteroatoms. The van der Waals surface area contributed by atoms with Crippen LogP contribution in [0.3, 0.4) is 0 Å². The Labute approximate surface area is 93.8 Å². The van der Waals surface area contributed by atoms with E-state index in [-0.39, 0.29) is 0 Å². The maximum Gasteiger partial charge on any atom is 0.0991 e. The van der Waals surface area contributed by atoms with E-state index in [1.807, 2.05) is 12.1 Å². The predicted molar refractivity (Wildman–Crippen MR) is 62.8 cm³/mol. The highest BCUT2D eigenvalue weighted by atomic mass is 15.4. The lowest BCUT2D eigenvalue weighted by Gasteiger charge is -2.12. The first-order valence-electron chi connectivity index (χ1n) is 4.86. The molecule has 2 rings (SSSR count). The largest absolute Gasteiger partial charge is 0.267 e. The summed E-state index contributed by atoms with van der Waals surface area (Å²) >= 11 is 0. The minimum atomic E-state index is 0.669. The molecule has 0 saturated heterocycles. The van der Waals surface area contributed by atoms with E-state index in [4.69, 9.17) is 5.26 Å². The van der Waals surface area contributed by atoms with Crippen LogP contribution in [0.25, 0.3) is 0 Å². The minimum Gasteiger partial charge on any atom is -0.267 e. The average Bonchev–Trinajstić information content (AvgIpc) is 2.59. The molecule has 1 heterocycles. The lowest BCUT2D eigenvalue weighted by Crippen LogP contribution is -2.09. The molecule has 1 aliphatic rings. The number of hydrogen-bond acceptors (Lipinski definition) is 4. The van der Waals surface area contributed by atoms with Gasteiger partial charge in [0.1, 0.15) is 0 Å². The van der Waals surface area contributed by atoms with Crippen molar-refractivity contribution in [2.75, 3.05) is 0 Å². The Balaban J connectivity index is 2.06. The summed E-state index contributed by atoms with van der Waals surface area (Å²) < 4.78 is 0. The molecule has 0 spiro atoms. The smallest absolute Gasteiger partial charge is 0.0991 e. The third-order valence-electron chi connectivity index (χ3n) is 2.12. The lowest BCUT2D eigenvalue weighted by molar-refractivity contribution is 0.395. The maximum atomic E-state index is 8.68. The van der Waals surface area contributed by atoms with E-state index in [9.17, 15) is 0 Å². The van der Waals surface area contributed by atoms with Crippen molar-refractivity contribution in [2.45, 2.75) is 6.54 Å². The number of rotatable bonds is 2. The first-order chi connectivity index (χ1) is 7.88. The number of benzene rings is 1. The van der Waals surface area contributed by atoms with Gasteiger partial charge in [-0.2, -0.15) is 10.4 Å². The van der Waals surface area contributed by atoms with Crippen LogP contribution in [0.2, 0.25) is 0 Å². The number of hydrogen-bond donors (Lipinski definition) is 0. The van der Waals surface area contributed by atoms with Gasteiger partial charge >= 0.3 is 0 Å². The van der Waals surface area contributed by atoms with Crippen LogP contribution in [0.5, 0.6) is 0 Å². The fraction of sp³-hybridized carbons (Fsp3) is 0.0833. The van der Waals surface area contributed by atoms with Gasteiger partial charge in [-0.1, -0.05) is 12.1 Å². The van der Waals surface area contributed by atoms with E-state index in [1.165, 1.54) is 0 Å². The van der Waals surface area contributed by atoms with E-state index in [0.717, 1.165) is 5.56 Å². The summed E-state index contributed by atoms with van der Waals surface area (Å²) in [5.74, 6) is 0. The van der Waals surface area contributed by atoms with Gasteiger partial charge in [-0.3, -0.25) is 10.0 Å².